The predicted octanol–water partition coefficient (Wildman–Crippen LogP) is -0.815. The van der Waals surface area contributed by atoms with Crippen LogP contribution in [0.3, 0.4) is 0 Å². The minimum absolute atomic E-state index is 0.232. The number of phenolic OH excluding ortho intramolecular Hbond substituents is 1. The number of carbonyl (C=O) groups is 3. The molecule has 0 unspecified atom stereocenters. The summed E-state index contributed by atoms with van der Waals surface area (Å²) >= 11 is 0. The van der Waals surface area contributed by atoms with E-state index in [2.05, 4.69) is 0 Å². The Balaban J connectivity index is 2.01. The summed E-state index contributed by atoms with van der Waals surface area (Å²) in [5, 5.41) is 52.5. The van der Waals surface area contributed by atoms with Gasteiger partial charge in [-0.15, -0.1) is 0 Å². The molecule has 4 atom stereocenters. The smallest absolute Gasteiger partial charge is 0.203 e. The lowest BCUT2D eigenvalue weighted by atomic mass is 9.56. The number of aliphatic hydroxyl groups is 4. The molecule has 1 fully saturated rings. The number of carbonyl (C=O) groups excluding carboxylic acids is 3. The minimum atomic E-state index is -2.92. The van der Waals surface area contributed by atoms with Crippen molar-refractivity contribution in [3.8, 4) is 5.75 Å². The van der Waals surface area contributed by atoms with E-state index >= 15 is 0 Å². The van der Waals surface area contributed by atoms with Crippen molar-refractivity contribution in [1.29, 1.82) is 0 Å². The van der Waals surface area contributed by atoms with E-state index in [0.717, 1.165) is 19.1 Å². The molecule has 0 heterocycles. The van der Waals surface area contributed by atoms with Crippen molar-refractivity contribution in [2.45, 2.75) is 36.3 Å². The normalized spacial score (nSPS) is 37.8. The Morgan fingerprint density at radius 3 is 2.41 bits per heavy atom. The highest BCUT2D eigenvalue weighted by atomic mass is 16.4. The molecule has 27 heavy (non-hydrogen) atoms. The number of aromatic hydroxyl groups is 1. The number of hydrogen-bond acceptors (Lipinski definition) is 8. The van der Waals surface area contributed by atoms with Gasteiger partial charge in [0.2, 0.25) is 5.78 Å². The van der Waals surface area contributed by atoms with Gasteiger partial charge in [-0.25, -0.2) is 0 Å². The average Bonchev–Trinajstić information content (AvgIpc) is 2.59. The van der Waals surface area contributed by atoms with Gasteiger partial charge in [-0.1, -0.05) is 18.2 Å². The van der Waals surface area contributed by atoms with E-state index in [0.29, 0.717) is 0 Å². The highest BCUT2D eigenvalue weighted by molar-refractivity contribution is 6.32. The molecule has 0 spiro atoms. The van der Waals surface area contributed by atoms with Crippen LogP contribution in [-0.2, 0) is 4.79 Å². The van der Waals surface area contributed by atoms with E-state index in [1.54, 1.807) is 0 Å². The third-order valence-corrected chi connectivity index (χ3v) is 5.59. The van der Waals surface area contributed by atoms with Gasteiger partial charge in [-0.05, 0) is 19.1 Å². The standard InChI is InChI=1S/C19H16O8/c1-17(25)7-18(26)6-5-9-12(19(18,27)16(24)15(17)23)14(22)8-3-2-4-10(20)11(8)13(9)21/h2-6,15,20,23,25-27H,7H2,1H3/t15-,17+,18-,19+/m0/s1. The number of ketones is 3. The van der Waals surface area contributed by atoms with Crippen LogP contribution < -0.4 is 0 Å². The summed E-state index contributed by atoms with van der Waals surface area (Å²) < 4.78 is 0. The van der Waals surface area contributed by atoms with Crippen LogP contribution >= 0.6 is 0 Å². The van der Waals surface area contributed by atoms with Crippen molar-refractivity contribution in [1.82, 2.24) is 0 Å². The van der Waals surface area contributed by atoms with E-state index in [-0.39, 0.29) is 16.7 Å². The first-order valence-corrected chi connectivity index (χ1v) is 8.20. The van der Waals surface area contributed by atoms with Crippen LogP contribution in [-0.4, -0.2) is 65.8 Å². The number of benzene rings is 1. The zero-order chi connectivity index (χ0) is 19.9. The number of Topliss-reactive ketones (excluding diaryl/α,β-unsaturated/α-hetero) is 3. The highest BCUT2D eigenvalue weighted by Crippen LogP contribution is 2.51. The maximum atomic E-state index is 13.0. The quantitative estimate of drug-likeness (QED) is 0.396. The molecule has 3 aliphatic rings. The molecule has 8 nitrogen and oxygen atoms in total. The second-order valence-corrected chi connectivity index (χ2v) is 7.42. The predicted molar refractivity (Wildman–Crippen MR) is 89.1 cm³/mol. The summed E-state index contributed by atoms with van der Waals surface area (Å²) in [5.74, 6) is -3.55. The van der Waals surface area contributed by atoms with Crippen molar-refractivity contribution in [3.05, 3.63) is 52.6 Å². The van der Waals surface area contributed by atoms with Crippen LogP contribution in [0.15, 0.2) is 41.5 Å². The summed E-state index contributed by atoms with van der Waals surface area (Å²) in [5.41, 5.74) is -8.92. The van der Waals surface area contributed by atoms with Crippen LogP contribution in [0, 0.1) is 0 Å². The summed E-state index contributed by atoms with van der Waals surface area (Å²) in [6.45, 7) is 1.12. The Morgan fingerprint density at radius 2 is 1.74 bits per heavy atom. The second-order valence-electron chi connectivity index (χ2n) is 7.42. The Kier molecular flexibility index (Phi) is 3.28. The molecule has 4 rings (SSSR count). The van der Waals surface area contributed by atoms with Gasteiger partial charge < -0.3 is 25.5 Å². The number of allylic oxidation sites excluding steroid dienone is 2. The van der Waals surface area contributed by atoms with Crippen molar-refractivity contribution >= 4 is 17.3 Å². The molecule has 0 saturated heterocycles. The monoisotopic (exact) mass is 372 g/mol. The number of hydrogen-bond donors (Lipinski definition) is 5. The fourth-order valence-corrected chi connectivity index (χ4v) is 4.20. The summed E-state index contributed by atoms with van der Waals surface area (Å²) in [6, 6.07) is 3.79. The first-order valence-electron chi connectivity index (χ1n) is 8.20. The van der Waals surface area contributed by atoms with Crippen LogP contribution in [0.1, 0.15) is 34.1 Å². The molecule has 0 bridgehead atoms. The first-order chi connectivity index (χ1) is 12.5. The van der Waals surface area contributed by atoms with Gasteiger partial charge in [-0.2, -0.15) is 0 Å². The maximum Gasteiger partial charge on any atom is 0.203 e. The van der Waals surface area contributed by atoms with Crippen molar-refractivity contribution < 1.29 is 39.9 Å². The molecule has 3 aliphatic carbocycles. The lowest BCUT2D eigenvalue weighted by molar-refractivity contribution is -0.209. The van der Waals surface area contributed by atoms with Crippen LogP contribution in [0.2, 0.25) is 0 Å². The summed E-state index contributed by atoms with van der Waals surface area (Å²) in [7, 11) is 0. The molecule has 1 aromatic rings. The fourth-order valence-electron chi connectivity index (χ4n) is 4.20. The van der Waals surface area contributed by atoms with E-state index in [1.807, 2.05) is 0 Å². The number of fused-ring (bicyclic) bond motifs is 3. The Labute approximate surface area is 152 Å². The van der Waals surface area contributed by atoms with E-state index in [1.165, 1.54) is 18.2 Å². The van der Waals surface area contributed by atoms with Crippen LogP contribution in [0.4, 0.5) is 0 Å². The number of rotatable bonds is 0. The second kappa shape index (κ2) is 4.99. The lowest BCUT2D eigenvalue weighted by Crippen LogP contribution is -2.74. The van der Waals surface area contributed by atoms with Crippen molar-refractivity contribution in [3.63, 3.8) is 0 Å². The fraction of sp³-hybridized carbons (Fsp3) is 0.316. The van der Waals surface area contributed by atoms with E-state index < -0.39 is 58.0 Å². The molecule has 5 N–H and O–H groups in total. The Morgan fingerprint density at radius 1 is 1.07 bits per heavy atom. The van der Waals surface area contributed by atoms with E-state index in [4.69, 9.17) is 0 Å². The summed E-state index contributed by atoms with van der Waals surface area (Å²) in [6.07, 6.45) is -0.692. The molecule has 140 valence electrons. The van der Waals surface area contributed by atoms with Gasteiger partial charge in [0.05, 0.1) is 16.7 Å². The Bertz CT molecular complexity index is 1000. The SMILES string of the molecule is C[C@@]1(O)C[C@@]2(O)C=CC3=C(C(=O)c4cccc(O)c4C3=O)[C@@]2(O)C(=O)[C@@H]1O. The molecule has 0 radical (unpaired) electrons. The van der Waals surface area contributed by atoms with Crippen molar-refractivity contribution in [2.75, 3.05) is 0 Å². The minimum Gasteiger partial charge on any atom is -0.507 e. The maximum absolute atomic E-state index is 13.0. The van der Waals surface area contributed by atoms with Gasteiger partial charge in [0.25, 0.3) is 0 Å². The third kappa shape index (κ3) is 1.93. The molecular weight excluding hydrogens is 356 g/mol. The highest BCUT2D eigenvalue weighted by Gasteiger charge is 2.69. The molecule has 1 aromatic carbocycles. The topological polar surface area (TPSA) is 152 Å². The van der Waals surface area contributed by atoms with Gasteiger partial charge in [0.15, 0.2) is 17.2 Å². The van der Waals surface area contributed by atoms with Gasteiger partial charge in [-0.3, -0.25) is 14.4 Å². The molecular formula is C19H16O8. The molecule has 8 heteroatoms. The van der Waals surface area contributed by atoms with Crippen LogP contribution in [0.25, 0.3) is 0 Å². The Hall–Kier alpha value is -2.65. The van der Waals surface area contributed by atoms with Gasteiger partial charge >= 0.3 is 0 Å². The molecule has 1 saturated carbocycles. The molecule has 0 amide bonds. The lowest BCUT2D eigenvalue weighted by Gasteiger charge is -2.53. The largest absolute Gasteiger partial charge is 0.507 e. The van der Waals surface area contributed by atoms with Crippen LogP contribution in [0.5, 0.6) is 5.75 Å². The molecule has 0 aromatic heterocycles. The third-order valence-electron chi connectivity index (χ3n) is 5.59. The van der Waals surface area contributed by atoms with E-state index in [9.17, 15) is 39.9 Å². The zero-order valence-electron chi connectivity index (χ0n) is 14.1. The first kappa shape index (κ1) is 17.7. The molecule has 0 aliphatic heterocycles. The summed E-state index contributed by atoms with van der Waals surface area (Å²) in [4.78, 5) is 38.6. The average molecular weight is 372 g/mol. The zero-order valence-corrected chi connectivity index (χ0v) is 14.1. The van der Waals surface area contributed by atoms with Gasteiger partial charge in [0.1, 0.15) is 17.5 Å². The van der Waals surface area contributed by atoms with Gasteiger partial charge in [0, 0.05) is 17.6 Å². The van der Waals surface area contributed by atoms with Crippen molar-refractivity contribution in [2.24, 2.45) is 0 Å². The number of phenols is 1. The number of aliphatic hydroxyl groups excluding tert-OH is 1.